The van der Waals surface area contributed by atoms with Crippen molar-refractivity contribution in [2.45, 2.75) is 20.8 Å². The number of anilines is 1. The summed E-state index contributed by atoms with van der Waals surface area (Å²) in [5.74, 6) is 1.35. The minimum atomic E-state index is 0.497. The van der Waals surface area contributed by atoms with E-state index in [0.717, 1.165) is 22.1 Å². The van der Waals surface area contributed by atoms with Crippen LogP contribution in [-0.4, -0.2) is 17.8 Å². The number of hydrogen-bond acceptors (Lipinski definition) is 5. The summed E-state index contributed by atoms with van der Waals surface area (Å²) in [6.45, 7) is 6.91. The first kappa shape index (κ1) is 14.5. The number of benzene rings is 1. The van der Waals surface area contributed by atoms with Crippen LogP contribution in [0.4, 0.5) is 5.13 Å². The summed E-state index contributed by atoms with van der Waals surface area (Å²) < 4.78 is 5.77. The van der Waals surface area contributed by atoms with Gasteiger partial charge in [0.15, 0.2) is 0 Å². The van der Waals surface area contributed by atoms with Gasteiger partial charge in [0.25, 0.3) is 0 Å². The number of para-hydroxylation sites is 1. The van der Waals surface area contributed by atoms with E-state index in [1.165, 1.54) is 11.3 Å². The highest BCUT2D eigenvalue weighted by molar-refractivity contribution is 7.13. The van der Waals surface area contributed by atoms with Crippen molar-refractivity contribution < 1.29 is 4.74 Å². The van der Waals surface area contributed by atoms with Crippen LogP contribution in [-0.2, 0) is 0 Å². The molecule has 0 unspecified atom stereocenters. The molecule has 2 aromatic rings. The lowest BCUT2D eigenvalue weighted by molar-refractivity contribution is 0.271. The highest BCUT2D eigenvalue weighted by atomic mass is 32.1. The Morgan fingerprint density at radius 1 is 1.40 bits per heavy atom. The van der Waals surface area contributed by atoms with Crippen LogP contribution < -0.4 is 10.2 Å². The average Bonchev–Trinajstić information content (AvgIpc) is 2.83. The fourth-order valence-corrected chi connectivity index (χ4v) is 2.17. The Kier molecular flexibility index (Phi) is 5.12. The maximum absolute atomic E-state index is 5.77. The van der Waals surface area contributed by atoms with E-state index in [1.54, 1.807) is 6.21 Å². The molecule has 0 radical (unpaired) electrons. The standard InChI is InChI=1S/C15H19N3OS/c1-11(2)9-19-14-7-5-4-6-13(14)8-16-18-15-17-12(3)10-20-15/h4-8,10-11H,9H2,1-3H3,(H,17,18)/b16-8+. The van der Waals surface area contributed by atoms with Gasteiger partial charge < -0.3 is 4.74 Å². The summed E-state index contributed by atoms with van der Waals surface area (Å²) in [5, 5.41) is 6.98. The van der Waals surface area contributed by atoms with Crippen molar-refractivity contribution in [2.75, 3.05) is 12.0 Å². The zero-order valence-corrected chi connectivity index (χ0v) is 12.8. The van der Waals surface area contributed by atoms with E-state index in [-0.39, 0.29) is 0 Å². The lowest BCUT2D eigenvalue weighted by atomic mass is 10.2. The molecule has 106 valence electrons. The molecule has 1 aromatic heterocycles. The minimum Gasteiger partial charge on any atom is -0.493 e. The fourth-order valence-electron chi connectivity index (χ4n) is 1.54. The van der Waals surface area contributed by atoms with Crippen LogP contribution in [0.5, 0.6) is 5.75 Å². The number of nitrogens with zero attached hydrogens (tertiary/aromatic N) is 2. The molecule has 1 aromatic carbocycles. The van der Waals surface area contributed by atoms with Gasteiger partial charge in [-0.1, -0.05) is 26.0 Å². The van der Waals surface area contributed by atoms with E-state index in [4.69, 9.17) is 4.74 Å². The summed E-state index contributed by atoms with van der Waals surface area (Å²) >= 11 is 1.54. The minimum absolute atomic E-state index is 0.497. The fraction of sp³-hybridized carbons (Fsp3) is 0.333. The van der Waals surface area contributed by atoms with Crippen molar-refractivity contribution in [3.05, 3.63) is 40.9 Å². The van der Waals surface area contributed by atoms with Crippen molar-refractivity contribution in [2.24, 2.45) is 11.0 Å². The molecular weight excluding hydrogens is 270 g/mol. The van der Waals surface area contributed by atoms with Gasteiger partial charge in [0.2, 0.25) is 5.13 Å². The third kappa shape index (κ3) is 4.35. The molecule has 0 saturated carbocycles. The predicted molar refractivity (Wildman–Crippen MR) is 84.8 cm³/mol. The van der Waals surface area contributed by atoms with E-state index in [9.17, 15) is 0 Å². The molecule has 20 heavy (non-hydrogen) atoms. The Morgan fingerprint density at radius 2 is 2.20 bits per heavy atom. The normalized spacial score (nSPS) is 11.2. The molecule has 4 nitrogen and oxygen atoms in total. The van der Waals surface area contributed by atoms with Crippen LogP contribution >= 0.6 is 11.3 Å². The molecule has 1 N–H and O–H groups in total. The monoisotopic (exact) mass is 289 g/mol. The largest absolute Gasteiger partial charge is 0.493 e. The van der Waals surface area contributed by atoms with Crippen LogP contribution in [0.1, 0.15) is 25.1 Å². The summed E-state index contributed by atoms with van der Waals surface area (Å²) in [6.07, 6.45) is 1.76. The van der Waals surface area contributed by atoms with Crippen LogP contribution in [0.25, 0.3) is 0 Å². The van der Waals surface area contributed by atoms with Crippen LogP contribution in [0, 0.1) is 12.8 Å². The number of aryl methyl sites for hydroxylation is 1. The van der Waals surface area contributed by atoms with Gasteiger partial charge in [0.1, 0.15) is 5.75 Å². The number of ether oxygens (including phenoxy) is 1. The third-order valence-electron chi connectivity index (χ3n) is 2.47. The molecule has 0 aliphatic heterocycles. The summed E-state index contributed by atoms with van der Waals surface area (Å²) in [7, 11) is 0. The molecule has 0 aliphatic rings. The van der Waals surface area contributed by atoms with Gasteiger partial charge >= 0.3 is 0 Å². The van der Waals surface area contributed by atoms with Gasteiger partial charge in [-0.2, -0.15) is 5.10 Å². The Labute approximate surface area is 123 Å². The third-order valence-corrected chi connectivity index (χ3v) is 3.34. The SMILES string of the molecule is Cc1csc(N/N=C/c2ccccc2OCC(C)C)n1. The molecule has 5 heteroatoms. The van der Waals surface area contributed by atoms with Gasteiger partial charge in [-0.15, -0.1) is 11.3 Å². The Hall–Kier alpha value is -1.88. The molecule has 2 rings (SSSR count). The molecule has 0 saturated heterocycles. The van der Waals surface area contributed by atoms with Crippen LogP contribution in [0.3, 0.4) is 0 Å². The molecule has 0 bridgehead atoms. The van der Waals surface area contributed by atoms with Gasteiger partial charge in [0.05, 0.1) is 18.5 Å². The molecule has 1 heterocycles. The topological polar surface area (TPSA) is 46.5 Å². The van der Waals surface area contributed by atoms with E-state index in [0.29, 0.717) is 12.5 Å². The molecule has 0 amide bonds. The Bertz CT molecular complexity index is 578. The molecular formula is C15H19N3OS. The van der Waals surface area contributed by atoms with Crippen molar-refractivity contribution in [1.82, 2.24) is 4.98 Å². The number of hydrazone groups is 1. The summed E-state index contributed by atoms with van der Waals surface area (Å²) in [6, 6.07) is 7.87. The first-order valence-corrected chi connectivity index (χ1v) is 7.46. The van der Waals surface area contributed by atoms with E-state index >= 15 is 0 Å². The Balaban J connectivity index is 2.01. The first-order valence-electron chi connectivity index (χ1n) is 6.58. The molecule has 0 atom stereocenters. The van der Waals surface area contributed by atoms with Crippen molar-refractivity contribution in [3.63, 3.8) is 0 Å². The molecule has 0 fully saturated rings. The second-order valence-electron chi connectivity index (χ2n) is 4.91. The average molecular weight is 289 g/mol. The highest BCUT2D eigenvalue weighted by Crippen LogP contribution is 2.17. The second-order valence-corrected chi connectivity index (χ2v) is 5.76. The number of rotatable bonds is 6. The maximum Gasteiger partial charge on any atom is 0.203 e. The molecule has 0 aliphatic carbocycles. The van der Waals surface area contributed by atoms with Crippen molar-refractivity contribution >= 4 is 22.7 Å². The Morgan fingerprint density at radius 3 is 2.90 bits per heavy atom. The van der Waals surface area contributed by atoms with Gasteiger partial charge in [-0.3, -0.25) is 5.43 Å². The lowest BCUT2D eigenvalue weighted by Crippen LogP contribution is -2.06. The van der Waals surface area contributed by atoms with Crippen LogP contribution in [0.2, 0.25) is 0 Å². The summed E-state index contributed by atoms with van der Waals surface area (Å²) in [4.78, 5) is 4.29. The first-order chi connectivity index (χ1) is 9.65. The van der Waals surface area contributed by atoms with E-state index < -0.39 is 0 Å². The smallest absolute Gasteiger partial charge is 0.203 e. The quantitative estimate of drug-likeness (QED) is 0.647. The predicted octanol–water partition coefficient (Wildman–Crippen LogP) is 3.93. The highest BCUT2D eigenvalue weighted by Gasteiger charge is 2.02. The zero-order valence-electron chi connectivity index (χ0n) is 12.0. The molecule has 0 spiro atoms. The lowest BCUT2D eigenvalue weighted by Gasteiger charge is -2.10. The number of nitrogens with one attached hydrogen (secondary N) is 1. The van der Waals surface area contributed by atoms with Gasteiger partial charge in [-0.05, 0) is 25.0 Å². The zero-order chi connectivity index (χ0) is 14.4. The van der Waals surface area contributed by atoms with E-state index in [1.807, 2.05) is 36.6 Å². The summed E-state index contributed by atoms with van der Waals surface area (Å²) in [5.41, 5.74) is 4.87. The number of aromatic nitrogens is 1. The number of hydrogen-bond donors (Lipinski definition) is 1. The van der Waals surface area contributed by atoms with Gasteiger partial charge in [0, 0.05) is 10.9 Å². The second kappa shape index (κ2) is 7.05. The van der Waals surface area contributed by atoms with Crippen molar-refractivity contribution in [3.8, 4) is 5.75 Å². The number of thiazole rings is 1. The van der Waals surface area contributed by atoms with Crippen LogP contribution in [0.15, 0.2) is 34.7 Å². The maximum atomic E-state index is 5.77. The van der Waals surface area contributed by atoms with Crippen molar-refractivity contribution in [1.29, 1.82) is 0 Å². The van der Waals surface area contributed by atoms with Gasteiger partial charge in [-0.25, -0.2) is 4.98 Å². The van der Waals surface area contributed by atoms with E-state index in [2.05, 4.69) is 29.4 Å².